The normalized spacial score (nSPS) is 16.4. The van der Waals surface area contributed by atoms with E-state index in [9.17, 15) is 9.59 Å². The zero-order valence-corrected chi connectivity index (χ0v) is 17.9. The summed E-state index contributed by atoms with van der Waals surface area (Å²) in [6.45, 7) is -0.103. The summed E-state index contributed by atoms with van der Waals surface area (Å²) in [5.74, 6) is 0.743. The fourth-order valence-corrected chi connectivity index (χ4v) is 3.85. The molecule has 1 saturated heterocycles. The highest BCUT2D eigenvalue weighted by Crippen LogP contribution is 2.38. The van der Waals surface area contributed by atoms with Gasteiger partial charge in [-0.1, -0.05) is 35.9 Å². The van der Waals surface area contributed by atoms with Crippen LogP contribution in [0.2, 0.25) is 5.02 Å². The number of methoxy groups -OCH3 is 2. The Kier molecular flexibility index (Phi) is 5.82. The Morgan fingerprint density at radius 3 is 2.19 bits per heavy atom. The number of carbonyl (C=O) groups is 2. The number of rotatable bonds is 5. The number of nitrogens with zero attached hydrogens (tertiary/aromatic N) is 2. The van der Waals surface area contributed by atoms with Crippen molar-refractivity contribution in [3.63, 3.8) is 0 Å². The maximum absolute atomic E-state index is 13.8. The van der Waals surface area contributed by atoms with Gasteiger partial charge in [-0.3, -0.25) is 19.4 Å². The summed E-state index contributed by atoms with van der Waals surface area (Å²) in [4.78, 5) is 30.1. The fourth-order valence-electron chi connectivity index (χ4n) is 3.72. The Labute approximate surface area is 185 Å². The predicted octanol–water partition coefficient (Wildman–Crippen LogP) is 4.48. The molecule has 0 aliphatic carbocycles. The number of halogens is 1. The maximum atomic E-state index is 13.8. The molecule has 0 unspecified atom stereocenters. The Balaban J connectivity index is 1.82. The summed E-state index contributed by atoms with van der Waals surface area (Å²) in [6.07, 6.45) is 0. The van der Waals surface area contributed by atoms with Crippen LogP contribution in [0.3, 0.4) is 0 Å². The Hall–Kier alpha value is -3.51. The molecule has 4 rings (SSSR count). The lowest BCUT2D eigenvalue weighted by atomic mass is 9.99. The molecule has 7 heteroatoms. The standard InChI is InChI=1S/C24H21ClN2O4/c1-30-19-13-7-16(8-14-19)23-24(29)26(20-5-3-4-6-21(20)31-2)15-22(28)27(23)18-11-9-17(25)10-12-18/h3-14,23H,15H2,1-2H3/t23-/m1/s1. The van der Waals surface area contributed by atoms with Crippen LogP contribution in [0.15, 0.2) is 72.8 Å². The van der Waals surface area contributed by atoms with Gasteiger partial charge in [0.15, 0.2) is 0 Å². The number of hydrogen-bond donors (Lipinski definition) is 0. The molecule has 1 atom stereocenters. The molecule has 31 heavy (non-hydrogen) atoms. The summed E-state index contributed by atoms with van der Waals surface area (Å²) in [5.41, 5.74) is 1.83. The predicted molar refractivity (Wildman–Crippen MR) is 120 cm³/mol. The smallest absolute Gasteiger partial charge is 0.255 e. The fraction of sp³-hybridized carbons (Fsp3) is 0.167. The van der Waals surface area contributed by atoms with Crippen LogP contribution in [0.1, 0.15) is 11.6 Å². The average Bonchev–Trinajstić information content (AvgIpc) is 2.81. The molecule has 158 valence electrons. The van der Waals surface area contributed by atoms with Gasteiger partial charge in [0.1, 0.15) is 24.1 Å². The van der Waals surface area contributed by atoms with E-state index in [2.05, 4.69) is 0 Å². The van der Waals surface area contributed by atoms with Gasteiger partial charge in [0.05, 0.1) is 19.9 Å². The highest BCUT2D eigenvalue weighted by molar-refractivity contribution is 6.30. The van der Waals surface area contributed by atoms with Crippen molar-refractivity contribution in [2.75, 3.05) is 30.6 Å². The lowest BCUT2D eigenvalue weighted by Gasteiger charge is -2.40. The van der Waals surface area contributed by atoms with Gasteiger partial charge in [-0.2, -0.15) is 0 Å². The third-order valence-electron chi connectivity index (χ3n) is 5.23. The van der Waals surface area contributed by atoms with Crippen molar-refractivity contribution >= 4 is 34.8 Å². The zero-order valence-electron chi connectivity index (χ0n) is 17.1. The topological polar surface area (TPSA) is 59.1 Å². The van der Waals surface area contributed by atoms with Gasteiger partial charge in [-0.25, -0.2) is 0 Å². The summed E-state index contributed by atoms with van der Waals surface area (Å²) in [7, 11) is 3.11. The van der Waals surface area contributed by atoms with Crippen LogP contribution in [-0.4, -0.2) is 32.6 Å². The molecule has 3 aromatic rings. The average molecular weight is 437 g/mol. The van der Waals surface area contributed by atoms with E-state index in [4.69, 9.17) is 21.1 Å². The van der Waals surface area contributed by atoms with Gasteiger partial charge in [-0.15, -0.1) is 0 Å². The second-order valence-electron chi connectivity index (χ2n) is 7.01. The van der Waals surface area contributed by atoms with E-state index in [0.717, 1.165) is 0 Å². The van der Waals surface area contributed by atoms with Crippen LogP contribution in [0, 0.1) is 0 Å². The molecule has 0 bridgehead atoms. The minimum Gasteiger partial charge on any atom is -0.497 e. The number of carbonyl (C=O) groups excluding carboxylic acids is 2. The second-order valence-corrected chi connectivity index (χ2v) is 7.45. The largest absolute Gasteiger partial charge is 0.497 e. The van der Waals surface area contributed by atoms with Crippen LogP contribution in [-0.2, 0) is 9.59 Å². The molecule has 1 aliphatic heterocycles. The molecule has 1 fully saturated rings. The first-order valence-corrected chi connectivity index (χ1v) is 10.1. The van der Waals surface area contributed by atoms with Gasteiger partial charge in [0.25, 0.3) is 5.91 Å². The van der Waals surface area contributed by atoms with Crippen LogP contribution < -0.4 is 19.3 Å². The summed E-state index contributed by atoms with van der Waals surface area (Å²) in [5, 5.41) is 0.552. The summed E-state index contributed by atoms with van der Waals surface area (Å²) >= 11 is 6.03. The van der Waals surface area contributed by atoms with Crippen LogP contribution in [0.5, 0.6) is 11.5 Å². The molecule has 1 heterocycles. The molecular weight excluding hydrogens is 416 g/mol. The number of ether oxygens (including phenoxy) is 2. The van der Waals surface area contributed by atoms with Crippen molar-refractivity contribution < 1.29 is 19.1 Å². The van der Waals surface area contributed by atoms with Crippen LogP contribution in [0.4, 0.5) is 11.4 Å². The summed E-state index contributed by atoms with van der Waals surface area (Å²) in [6, 6.07) is 20.3. The minimum absolute atomic E-state index is 0.103. The van der Waals surface area contributed by atoms with E-state index in [0.29, 0.717) is 33.5 Å². The minimum atomic E-state index is -0.849. The van der Waals surface area contributed by atoms with Crippen LogP contribution >= 0.6 is 11.6 Å². The number of piperazine rings is 1. The highest BCUT2D eigenvalue weighted by Gasteiger charge is 2.42. The van der Waals surface area contributed by atoms with Crippen molar-refractivity contribution in [3.8, 4) is 11.5 Å². The van der Waals surface area contributed by atoms with Gasteiger partial charge < -0.3 is 9.47 Å². The van der Waals surface area contributed by atoms with Crippen molar-refractivity contribution in [2.45, 2.75) is 6.04 Å². The van der Waals surface area contributed by atoms with E-state index in [1.54, 1.807) is 67.8 Å². The second kappa shape index (κ2) is 8.70. The van der Waals surface area contributed by atoms with Crippen molar-refractivity contribution in [1.82, 2.24) is 0 Å². The Bertz CT molecular complexity index is 1100. The molecule has 0 spiro atoms. The Morgan fingerprint density at radius 2 is 1.55 bits per heavy atom. The molecule has 0 saturated carbocycles. The lowest BCUT2D eigenvalue weighted by Crippen LogP contribution is -2.56. The molecular formula is C24H21ClN2O4. The van der Waals surface area contributed by atoms with Crippen molar-refractivity contribution in [3.05, 3.63) is 83.4 Å². The number of hydrogen-bond acceptors (Lipinski definition) is 4. The molecule has 0 radical (unpaired) electrons. The number of anilines is 2. The first-order chi connectivity index (χ1) is 15.0. The van der Waals surface area contributed by atoms with E-state index in [1.807, 2.05) is 12.1 Å². The SMILES string of the molecule is COc1ccc([C@@H]2C(=O)N(c3ccccc3OC)CC(=O)N2c2ccc(Cl)cc2)cc1. The van der Waals surface area contributed by atoms with Crippen molar-refractivity contribution in [1.29, 1.82) is 0 Å². The third kappa shape index (κ3) is 3.94. The van der Waals surface area contributed by atoms with E-state index in [1.165, 1.54) is 16.9 Å². The quantitative estimate of drug-likeness (QED) is 0.591. The molecule has 3 aromatic carbocycles. The lowest BCUT2D eigenvalue weighted by molar-refractivity contribution is -0.128. The molecule has 0 N–H and O–H groups in total. The van der Waals surface area contributed by atoms with E-state index >= 15 is 0 Å². The first kappa shape index (κ1) is 20.8. The molecule has 2 amide bonds. The van der Waals surface area contributed by atoms with Crippen LogP contribution in [0.25, 0.3) is 0 Å². The molecule has 0 aromatic heterocycles. The van der Waals surface area contributed by atoms with E-state index in [-0.39, 0.29) is 18.4 Å². The third-order valence-corrected chi connectivity index (χ3v) is 5.48. The van der Waals surface area contributed by atoms with Gasteiger partial charge >= 0.3 is 0 Å². The number of benzene rings is 3. The first-order valence-electron chi connectivity index (χ1n) is 9.69. The monoisotopic (exact) mass is 436 g/mol. The zero-order chi connectivity index (χ0) is 22.0. The highest BCUT2D eigenvalue weighted by atomic mass is 35.5. The summed E-state index contributed by atoms with van der Waals surface area (Å²) < 4.78 is 10.7. The molecule has 1 aliphatic rings. The molecule has 6 nitrogen and oxygen atoms in total. The Morgan fingerprint density at radius 1 is 0.871 bits per heavy atom. The van der Waals surface area contributed by atoms with Gasteiger partial charge in [0.2, 0.25) is 5.91 Å². The number of amides is 2. The maximum Gasteiger partial charge on any atom is 0.255 e. The van der Waals surface area contributed by atoms with Crippen molar-refractivity contribution in [2.24, 2.45) is 0 Å². The van der Waals surface area contributed by atoms with Gasteiger partial charge in [0, 0.05) is 10.7 Å². The number of para-hydroxylation sites is 2. The van der Waals surface area contributed by atoms with Gasteiger partial charge in [-0.05, 0) is 54.1 Å². The van der Waals surface area contributed by atoms with E-state index < -0.39 is 6.04 Å².